The van der Waals surface area contributed by atoms with Crippen LogP contribution in [0.2, 0.25) is 0 Å². The number of phenolic OH excluding ortho intramolecular Hbond substituents is 1. The highest BCUT2D eigenvalue weighted by Crippen LogP contribution is 2.24. The van der Waals surface area contributed by atoms with Crippen LogP contribution in [0, 0.1) is 0 Å². The Morgan fingerprint density at radius 3 is 1.89 bits per heavy atom. The average molecular weight is 286 g/mol. The first-order valence-electron chi connectivity index (χ1n) is 6.18. The molecule has 0 aliphatic carbocycles. The van der Waals surface area contributed by atoms with Crippen LogP contribution in [0.1, 0.15) is 32.4 Å². The van der Waals surface area contributed by atoms with Gasteiger partial charge in [0.2, 0.25) is 0 Å². The van der Waals surface area contributed by atoms with E-state index in [2.05, 4.69) is 0 Å². The molecule has 0 saturated heterocycles. The van der Waals surface area contributed by atoms with E-state index in [0.29, 0.717) is 0 Å². The first-order chi connectivity index (χ1) is 8.67. The van der Waals surface area contributed by atoms with Crippen molar-refractivity contribution in [2.75, 3.05) is 14.1 Å². The molecule has 5 nitrogen and oxygen atoms in total. The Morgan fingerprint density at radius 2 is 1.47 bits per heavy atom. The molecule has 1 rings (SSSR count). The molecule has 0 spiro atoms. The van der Waals surface area contributed by atoms with E-state index < -0.39 is 10.2 Å². The number of nitrogens with zero attached hydrogens (tertiary/aromatic N) is 2. The van der Waals surface area contributed by atoms with Crippen LogP contribution in [0.5, 0.6) is 5.75 Å². The molecule has 0 heterocycles. The maximum absolute atomic E-state index is 12.4. The summed E-state index contributed by atoms with van der Waals surface area (Å²) < 4.78 is 27.4. The molecule has 0 amide bonds. The van der Waals surface area contributed by atoms with E-state index in [9.17, 15) is 13.5 Å². The zero-order valence-corrected chi connectivity index (χ0v) is 12.8. The maximum atomic E-state index is 12.4. The number of rotatable bonds is 5. The van der Waals surface area contributed by atoms with Gasteiger partial charge in [0.25, 0.3) is 10.2 Å². The summed E-state index contributed by atoms with van der Waals surface area (Å²) >= 11 is 0. The predicted octanol–water partition coefficient (Wildman–Crippen LogP) is 1.97. The van der Waals surface area contributed by atoms with Gasteiger partial charge in [0, 0.05) is 26.2 Å². The molecule has 1 aromatic carbocycles. The van der Waals surface area contributed by atoms with Crippen LogP contribution in [0.3, 0.4) is 0 Å². The van der Waals surface area contributed by atoms with E-state index in [1.807, 2.05) is 20.8 Å². The summed E-state index contributed by atoms with van der Waals surface area (Å²) in [6, 6.07) is 6.16. The summed E-state index contributed by atoms with van der Waals surface area (Å²) in [7, 11) is -0.361. The lowest BCUT2D eigenvalue weighted by Crippen LogP contribution is -2.43. The Kier molecular flexibility index (Phi) is 4.95. The Hall–Kier alpha value is -1.11. The van der Waals surface area contributed by atoms with Crippen molar-refractivity contribution in [2.45, 2.75) is 32.9 Å². The van der Waals surface area contributed by atoms with Gasteiger partial charge in [-0.1, -0.05) is 12.1 Å². The normalized spacial score (nSPS) is 14.3. The van der Waals surface area contributed by atoms with E-state index in [4.69, 9.17) is 0 Å². The van der Waals surface area contributed by atoms with E-state index in [1.165, 1.54) is 8.61 Å². The topological polar surface area (TPSA) is 60.9 Å². The molecular formula is C13H22N2O3S. The van der Waals surface area contributed by atoms with Crippen molar-refractivity contribution in [3.63, 3.8) is 0 Å². The van der Waals surface area contributed by atoms with Crippen molar-refractivity contribution in [1.29, 1.82) is 0 Å². The molecule has 6 heteroatoms. The van der Waals surface area contributed by atoms with E-state index in [0.717, 1.165) is 5.56 Å². The summed E-state index contributed by atoms with van der Waals surface area (Å²) in [5.74, 6) is 0.167. The van der Waals surface area contributed by atoms with Gasteiger partial charge in [-0.2, -0.15) is 17.0 Å². The Bertz CT molecular complexity index is 511. The second kappa shape index (κ2) is 5.90. The number of hydrogen-bond donors (Lipinski definition) is 1. The molecule has 19 heavy (non-hydrogen) atoms. The van der Waals surface area contributed by atoms with Crippen molar-refractivity contribution in [2.24, 2.45) is 0 Å². The van der Waals surface area contributed by atoms with Crippen LogP contribution in [-0.2, 0) is 10.2 Å². The molecule has 0 aromatic heterocycles. The molecule has 0 radical (unpaired) electrons. The highest BCUT2D eigenvalue weighted by Gasteiger charge is 2.29. The molecule has 0 aliphatic rings. The van der Waals surface area contributed by atoms with Gasteiger partial charge in [-0.05, 0) is 38.5 Å². The van der Waals surface area contributed by atoms with Gasteiger partial charge in [0.1, 0.15) is 5.75 Å². The molecule has 0 aliphatic heterocycles. The molecule has 0 saturated carbocycles. The molecular weight excluding hydrogens is 264 g/mol. The van der Waals surface area contributed by atoms with E-state index in [1.54, 1.807) is 38.4 Å². The van der Waals surface area contributed by atoms with E-state index in [-0.39, 0.29) is 17.8 Å². The fraction of sp³-hybridized carbons (Fsp3) is 0.538. The predicted molar refractivity (Wildman–Crippen MR) is 76.1 cm³/mol. The quantitative estimate of drug-likeness (QED) is 0.900. The Balaban J connectivity index is 2.99. The minimum absolute atomic E-state index is 0.0977. The summed E-state index contributed by atoms with van der Waals surface area (Å²) in [5, 5.41) is 9.26. The Morgan fingerprint density at radius 1 is 1.00 bits per heavy atom. The monoisotopic (exact) mass is 286 g/mol. The van der Waals surface area contributed by atoms with Crippen LogP contribution < -0.4 is 0 Å². The molecule has 1 unspecified atom stereocenters. The zero-order chi connectivity index (χ0) is 14.8. The van der Waals surface area contributed by atoms with Gasteiger partial charge in [-0.3, -0.25) is 0 Å². The minimum atomic E-state index is -3.49. The van der Waals surface area contributed by atoms with Crippen LogP contribution in [0.15, 0.2) is 24.3 Å². The van der Waals surface area contributed by atoms with Crippen molar-refractivity contribution < 1.29 is 13.5 Å². The van der Waals surface area contributed by atoms with Crippen molar-refractivity contribution in [3.8, 4) is 5.75 Å². The number of benzene rings is 1. The minimum Gasteiger partial charge on any atom is -0.508 e. The first-order valence-corrected chi connectivity index (χ1v) is 7.57. The molecule has 1 aromatic rings. The number of phenols is 1. The van der Waals surface area contributed by atoms with Gasteiger partial charge in [-0.15, -0.1) is 0 Å². The van der Waals surface area contributed by atoms with Gasteiger partial charge in [0.15, 0.2) is 0 Å². The fourth-order valence-electron chi connectivity index (χ4n) is 1.63. The van der Waals surface area contributed by atoms with Crippen molar-refractivity contribution in [3.05, 3.63) is 29.8 Å². The van der Waals surface area contributed by atoms with Crippen LogP contribution in [0.25, 0.3) is 0 Å². The number of hydrogen-bond acceptors (Lipinski definition) is 3. The van der Waals surface area contributed by atoms with Crippen LogP contribution in [-0.4, -0.2) is 42.3 Å². The third-order valence-electron chi connectivity index (χ3n) is 3.38. The van der Waals surface area contributed by atoms with E-state index >= 15 is 0 Å². The third kappa shape index (κ3) is 3.46. The summed E-state index contributed by atoms with van der Waals surface area (Å²) in [5.41, 5.74) is 0.834. The second-order valence-corrected chi connectivity index (χ2v) is 6.95. The molecule has 0 bridgehead atoms. The van der Waals surface area contributed by atoms with Crippen molar-refractivity contribution in [1.82, 2.24) is 8.61 Å². The lowest BCUT2D eigenvalue weighted by molar-refractivity contribution is 0.327. The largest absolute Gasteiger partial charge is 0.508 e. The summed E-state index contributed by atoms with van der Waals surface area (Å²) in [6.45, 7) is 5.48. The summed E-state index contributed by atoms with van der Waals surface area (Å²) in [6.07, 6.45) is 0. The van der Waals surface area contributed by atoms with Gasteiger partial charge in [-0.25, -0.2) is 0 Å². The SMILES string of the molecule is CC(C)N(C)S(=O)(=O)N(C)C(C)c1ccc(O)cc1. The molecule has 0 fully saturated rings. The molecule has 108 valence electrons. The smallest absolute Gasteiger partial charge is 0.282 e. The van der Waals surface area contributed by atoms with Crippen LogP contribution in [0.4, 0.5) is 0 Å². The van der Waals surface area contributed by atoms with Gasteiger partial charge in [0.05, 0.1) is 0 Å². The number of aromatic hydroxyl groups is 1. The van der Waals surface area contributed by atoms with Crippen molar-refractivity contribution >= 4 is 10.2 Å². The lowest BCUT2D eigenvalue weighted by atomic mass is 10.1. The van der Waals surface area contributed by atoms with Crippen LogP contribution >= 0.6 is 0 Å². The lowest BCUT2D eigenvalue weighted by Gasteiger charge is -2.31. The molecule has 1 atom stereocenters. The third-order valence-corrected chi connectivity index (χ3v) is 5.57. The maximum Gasteiger partial charge on any atom is 0.282 e. The zero-order valence-electron chi connectivity index (χ0n) is 12.0. The highest BCUT2D eigenvalue weighted by atomic mass is 32.2. The fourth-order valence-corrected chi connectivity index (χ4v) is 3.09. The average Bonchev–Trinajstić information content (AvgIpc) is 2.36. The molecule has 1 N–H and O–H groups in total. The highest BCUT2D eigenvalue weighted by molar-refractivity contribution is 7.86. The second-order valence-electron chi connectivity index (χ2n) is 4.90. The van der Waals surface area contributed by atoms with Gasteiger partial charge < -0.3 is 5.11 Å². The standard InChI is InChI=1S/C13H22N2O3S/c1-10(2)14(4)19(17,18)15(5)11(3)12-6-8-13(16)9-7-12/h6-11,16H,1-5H3. The first kappa shape index (κ1) is 15.9. The Labute approximate surface area is 115 Å². The summed E-state index contributed by atoms with van der Waals surface area (Å²) in [4.78, 5) is 0. The van der Waals surface area contributed by atoms with Gasteiger partial charge >= 0.3 is 0 Å².